The molecule has 10 heteroatoms. The molecular formula is C22H34N4O6. The predicted molar refractivity (Wildman–Crippen MR) is 125 cm³/mol. The van der Waals surface area contributed by atoms with Gasteiger partial charge in [0.25, 0.3) is 5.69 Å². The molecule has 10 nitrogen and oxygen atoms in total. The fraction of sp³-hybridized carbons (Fsp3) is 0.455. The van der Waals surface area contributed by atoms with Crippen LogP contribution in [0, 0.1) is 10.1 Å². The number of nitrogens with two attached hydrogens (primary N) is 1. The van der Waals surface area contributed by atoms with E-state index in [0.717, 1.165) is 32.0 Å². The van der Waals surface area contributed by atoms with Gasteiger partial charge in [-0.05, 0) is 59.2 Å². The van der Waals surface area contributed by atoms with Crippen LogP contribution in [0.1, 0.15) is 12.8 Å². The smallest absolute Gasteiger partial charge is 0.273 e. The third kappa shape index (κ3) is 10.7. The third-order valence-electron chi connectivity index (χ3n) is 4.15. The Labute approximate surface area is 188 Å². The molecule has 0 aliphatic rings. The van der Waals surface area contributed by atoms with Crippen molar-refractivity contribution in [2.75, 3.05) is 60.2 Å². The van der Waals surface area contributed by atoms with Gasteiger partial charge in [0.05, 0.1) is 24.2 Å². The summed E-state index contributed by atoms with van der Waals surface area (Å²) in [4.78, 5) is 14.0. The highest BCUT2D eigenvalue weighted by Crippen LogP contribution is 2.30. The summed E-state index contributed by atoms with van der Waals surface area (Å²) in [6.07, 6.45) is 1.75. The summed E-state index contributed by atoms with van der Waals surface area (Å²) in [6.45, 7) is 2.91. The Bertz CT molecular complexity index is 845. The molecule has 2 rings (SSSR count). The first kappa shape index (κ1) is 26.8. The topological polar surface area (TPSA) is 135 Å². The summed E-state index contributed by atoms with van der Waals surface area (Å²) in [5.74, 6) is 0.654. The molecule has 0 aliphatic carbocycles. The molecule has 0 saturated heterocycles. The number of non-ortho nitro benzene ring substituents is 1. The number of rotatable bonds is 11. The summed E-state index contributed by atoms with van der Waals surface area (Å²) < 4.78 is 10.7. The highest BCUT2D eigenvalue weighted by Gasteiger charge is 2.10. The maximum atomic E-state index is 10.4. The zero-order chi connectivity index (χ0) is 24.1. The highest BCUT2D eigenvalue weighted by atomic mass is 16.6. The molecule has 0 saturated carbocycles. The molecule has 0 fully saturated rings. The molecule has 4 N–H and O–H groups in total. The van der Waals surface area contributed by atoms with Gasteiger partial charge in [-0.15, -0.1) is 0 Å². The number of anilines is 1. The van der Waals surface area contributed by atoms with E-state index in [-0.39, 0.29) is 22.9 Å². The Hall–Kier alpha value is -3.24. The van der Waals surface area contributed by atoms with Crippen LogP contribution in [0.25, 0.3) is 0 Å². The number of nitro benzene ring substituents is 1. The van der Waals surface area contributed by atoms with E-state index in [4.69, 9.17) is 15.2 Å². The van der Waals surface area contributed by atoms with E-state index in [1.54, 1.807) is 12.1 Å². The first-order valence-corrected chi connectivity index (χ1v) is 10.2. The second-order valence-electron chi connectivity index (χ2n) is 7.65. The summed E-state index contributed by atoms with van der Waals surface area (Å²) in [5.41, 5.74) is 5.89. The van der Waals surface area contributed by atoms with Crippen molar-refractivity contribution in [3.63, 3.8) is 0 Å². The normalized spacial score (nSPS) is 10.6. The average Bonchev–Trinajstić information content (AvgIpc) is 2.71. The Kier molecular flexibility index (Phi) is 11.7. The van der Waals surface area contributed by atoms with Gasteiger partial charge < -0.3 is 35.2 Å². The van der Waals surface area contributed by atoms with Crippen molar-refractivity contribution in [1.82, 2.24) is 9.80 Å². The van der Waals surface area contributed by atoms with E-state index in [1.807, 2.05) is 33.1 Å². The lowest BCUT2D eigenvalue weighted by atomic mass is 10.3. The zero-order valence-corrected chi connectivity index (χ0v) is 19.2. The molecule has 0 heterocycles. The molecule has 178 valence electrons. The van der Waals surface area contributed by atoms with Crippen LogP contribution >= 0.6 is 0 Å². The fourth-order valence-electron chi connectivity index (χ4n) is 2.52. The Morgan fingerprint density at radius 1 is 0.875 bits per heavy atom. The van der Waals surface area contributed by atoms with E-state index in [1.165, 1.54) is 18.2 Å². The van der Waals surface area contributed by atoms with E-state index in [0.29, 0.717) is 24.7 Å². The molecule has 32 heavy (non-hydrogen) atoms. The van der Waals surface area contributed by atoms with Crippen LogP contribution in [0.5, 0.6) is 23.0 Å². The minimum Gasteiger partial charge on any atom is -0.504 e. The van der Waals surface area contributed by atoms with Gasteiger partial charge in [0.1, 0.15) is 0 Å². The maximum absolute atomic E-state index is 10.4. The number of phenolic OH excluding ortho intramolecular Hbond substituents is 2. The Balaban J connectivity index is 0.000000323. The molecule has 0 aliphatic heterocycles. The van der Waals surface area contributed by atoms with Gasteiger partial charge in [-0.1, -0.05) is 0 Å². The third-order valence-corrected chi connectivity index (χ3v) is 4.15. The van der Waals surface area contributed by atoms with Crippen molar-refractivity contribution in [2.45, 2.75) is 12.8 Å². The molecule has 0 bridgehead atoms. The van der Waals surface area contributed by atoms with Gasteiger partial charge >= 0.3 is 0 Å². The van der Waals surface area contributed by atoms with Gasteiger partial charge in [-0.3, -0.25) is 10.1 Å². The Morgan fingerprint density at radius 2 is 1.34 bits per heavy atom. The second kappa shape index (κ2) is 13.9. The molecule has 0 aromatic heterocycles. The predicted octanol–water partition coefficient (Wildman–Crippen LogP) is 2.94. The fourth-order valence-corrected chi connectivity index (χ4v) is 2.52. The number of nitro groups is 1. The highest BCUT2D eigenvalue weighted by molar-refractivity contribution is 5.51. The van der Waals surface area contributed by atoms with Crippen molar-refractivity contribution in [3.8, 4) is 23.0 Å². The minimum atomic E-state index is -0.560. The van der Waals surface area contributed by atoms with Crippen LogP contribution < -0.4 is 15.2 Å². The van der Waals surface area contributed by atoms with Gasteiger partial charge in [-0.25, -0.2) is 0 Å². The number of nitrogens with zero attached hydrogens (tertiary/aromatic N) is 3. The average molecular weight is 451 g/mol. The van der Waals surface area contributed by atoms with Crippen molar-refractivity contribution >= 4 is 11.4 Å². The molecule has 2 aromatic carbocycles. The summed E-state index contributed by atoms with van der Waals surface area (Å²) >= 11 is 0. The number of benzene rings is 2. The number of nitrogen functional groups attached to an aromatic ring is 1. The van der Waals surface area contributed by atoms with Gasteiger partial charge in [0, 0.05) is 30.9 Å². The van der Waals surface area contributed by atoms with E-state index >= 15 is 0 Å². The first-order chi connectivity index (χ1) is 15.1. The number of ether oxygens (including phenoxy) is 2. The van der Waals surface area contributed by atoms with Crippen molar-refractivity contribution in [1.29, 1.82) is 0 Å². The number of phenols is 2. The molecule has 2 aromatic rings. The zero-order valence-electron chi connectivity index (χ0n) is 19.2. The summed E-state index contributed by atoms with van der Waals surface area (Å²) in [5, 5.41) is 29.4. The number of hydrogen-bond donors (Lipinski definition) is 3. The van der Waals surface area contributed by atoms with Crippen molar-refractivity contribution in [3.05, 3.63) is 46.5 Å². The van der Waals surface area contributed by atoms with E-state index < -0.39 is 4.92 Å². The van der Waals surface area contributed by atoms with Crippen LogP contribution in [-0.4, -0.2) is 79.4 Å². The van der Waals surface area contributed by atoms with Crippen LogP contribution in [0.2, 0.25) is 0 Å². The summed E-state index contributed by atoms with van der Waals surface area (Å²) in [6, 6.07) is 8.67. The van der Waals surface area contributed by atoms with E-state index in [2.05, 4.69) is 4.90 Å². The molecular weight excluding hydrogens is 416 g/mol. The first-order valence-electron chi connectivity index (χ1n) is 10.2. The lowest BCUT2D eigenvalue weighted by Gasteiger charge is -2.11. The maximum Gasteiger partial charge on any atom is 0.273 e. The number of hydrogen-bond acceptors (Lipinski definition) is 9. The lowest BCUT2D eigenvalue weighted by Crippen LogP contribution is -2.15. The van der Waals surface area contributed by atoms with Gasteiger partial charge in [0.15, 0.2) is 23.0 Å². The van der Waals surface area contributed by atoms with Crippen LogP contribution in [0.3, 0.4) is 0 Å². The monoisotopic (exact) mass is 450 g/mol. The lowest BCUT2D eigenvalue weighted by molar-refractivity contribution is -0.385. The standard InChI is InChI=1S/C11H16N2O4.C11H18N2O2/c1-12(2)6-3-7-17-11-5-4-9(13(15)16)8-10(11)14;1-13(2)6-3-7-15-11-5-4-9(12)8-10(11)14/h4-5,8,14H,3,6-7H2,1-2H3;4-5,8,14H,3,6-7,12H2,1-2H3. The molecule has 0 atom stereocenters. The quantitative estimate of drug-likeness (QED) is 0.204. The Morgan fingerprint density at radius 3 is 1.75 bits per heavy atom. The van der Waals surface area contributed by atoms with Crippen molar-refractivity contribution < 1.29 is 24.6 Å². The SMILES string of the molecule is CN(C)CCCOc1ccc(N)cc1O.CN(C)CCCOc1ccc([N+](=O)[O-])cc1O. The van der Waals surface area contributed by atoms with Gasteiger partial charge in [-0.2, -0.15) is 0 Å². The van der Waals surface area contributed by atoms with Crippen LogP contribution in [0.15, 0.2) is 36.4 Å². The molecule has 0 unspecified atom stereocenters. The number of aromatic hydroxyl groups is 2. The largest absolute Gasteiger partial charge is 0.504 e. The van der Waals surface area contributed by atoms with Crippen LogP contribution in [0.4, 0.5) is 11.4 Å². The van der Waals surface area contributed by atoms with Gasteiger partial charge in [0.2, 0.25) is 0 Å². The van der Waals surface area contributed by atoms with Crippen molar-refractivity contribution in [2.24, 2.45) is 0 Å². The molecule has 0 amide bonds. The molecule has 0 radical (unpaired) electrons. The van der Waals surface area contributed by atoms with E-state index in [9.17, 15) is 20.3 Å². The van der Waals surface area contributed by atoms with Crippen LogP contribution in [-0.2, 0) is 0 Å². The minimum absolute atomic E-state index is 0.0971. The summed E-state index contributed by atoms with van der Waals surface area (Å²) in [7, 11) is 7.95. The molecule has 0 spiro atoms. The second-order valence-corrected chi connectivity index (χ2v) is 7.65.